The second kappa shape index (κ2) is 10.4. The molecule has 0 aromatic heterocycles. The Bertz CT molecular complexity index is 349. The van der Waals surface area contributed by atoms with Crippen molar-refractivity contribution in [1.82, 2.24) is 16.0 Å². The summed E-state index contributed by atoms with van der Waals surface area (Å²) >= 11 is 0. The van der Waals surface area contributed by atoms with Gasteiger partial charge in [-0.05, 0) is 40.0 Å². The molecule has 0 heterocycles. The predicted octanol–water partition coefficient (Wildman–Crippen LogP) is 1.52. The smallest absolute Gasteiger partial charge is 0.239 e. The highest BCUT2D eigenvalue weighted by molar-refractivity contribution is 5.86. The Morgan fingerprint density at radius 2 is 1.86 bits per heavy atom. The summed E-state index contributed by atoms with van der Waals surface area (Å²) in [7, 11) is 1.69. The lowest BCUT2D eigenvalue weighted by Crippen LogP contribution is -2.48. The van der Waals surface area contributed by atoms with E-state index in [0.717, 1.165) is 19.6 Å². The highest BCUT2D eigenvalue weighted by atomic mass is 16.5. The van der Waals surface area contributed by atoms with Gasteiger partial charge < -0.3 is 20.7 Å². The molecule has 3 N–H and O–H groups in total. The van der Waals surface area contributed by atoms with Crippen LogP contribution in [0.25, 0.3) is 0 Å². The van der Waals surface area contributed by atoms with Crippen LogP contribution in [0.3, 0.4) is 0 Å². The number of guanidine groups is 1. The average Bonchev–Trinajstić information content (AvgIpc) is 2.39. The Morgan fingerprint density at radius 3 is 2.32 bits per heavy atom. The van der Waals surface area contributed by atoms with Gasteiger partial charge in [-0.15, -0.1) is 0 Å². The maximum Gasteiger partial charge on any atom is 0.239 e. The SMILES string of the molecule is CCOC(CCNC(=NC)NCC(=O)NC(C)(C)C)C(C)C. The van der Waals surface area contributed by atoms with Gasteiger partial charge in [0, 0.05) is 25.7 Å². The van der Waals surface area contributed by atoms with Gasteiger partial charge in [0.2, 0.25) is 5.91 Å². The monoisotopic (exact) mass is 314 g/mol. The number of carbonyl (C=O) groups is 1. The first kappa shape index (κ1) is 20.7. The summed E-state index contributed by atoms with van der Waals surface area (Å²) in [6, 6.07) is 0. The predicted molar refractivity (Wildman–Crippen MR) is 92.1 cm³/mol. The van der Waals surface area contributed by atoms with Crippen LogP contribution >= 0.6 is 0 Å². The lowest BCUT2D eigenvalue weighted by molar-refractivity contribution is -0.121. The lowest BCUT2D eigenvalue weighted by Gasteiger charge is -2.22. The first-order valence-corrected chi connectivity index (χ1v) is 8.06. The molecule has 22 heavy (non-hydrogen) atoms. The van der Waals surface area contributed by atoms with E-state index in [1.165, 1.54) is 0 Å². The number of amides is 1. The Kier molecular flexibility index (Phi) is 9.81. The molecule has 0 spiro atoms. The molecule has 6 heteroatoms. The van der Waals surface area contributed by atoms with Gasteiger partial charge in [0.25, 0.3) is 0 Å². The minimum atomic E-state index is -0.225. The Morgan fingerprint density at radius 1 is 1.23 bits per heavy atom. The molecule has 0 aromatic carbocycles. The van der Waals surface area contributed by atoms with Gasteiger partial charge in [0.05, 0.1) is 12.6 Å². The summed E-state index contributed by atoms with van der Waals surface area (Å²) < 4.78 is 5.71. The zero-order valence-corrected chi connectivity index (χ0v) is 15.2. The van der Waals surface area contributed by atoms with E-state index in [1.807, 2.05) is 27.7 Å². The summed E-state index contributed by atoms with van der Waals surface area (Å²) in [6.07, 6.45) is 1.14. The third kappa shape index (κ3) is 10.4. The van der Waals surface area contributed by atoms with Gasteiger partial charge in [0.15, 0.2) is 5.96 Å². The molecule has 0 saturated heterocycles. The van der Waals surface area contributed by atoms with Gasteiger partial charge in [-0.2, -0.15) is 0 Å². The summed E-state index contributed by atoms with van der Waals surface area (Å²) in [5, 5.41) is 9.12. The van der Waals surface area contributed by atoms with E-state index in [0.29, 0.717) is 11.9 Å². The number of aliphatic imine (C=N–C) groups is 1. The third-order valence-corrected chi connectivity index (χ3v) is 3.00. The fourth-order valence-corrected chi connectivity index (χ4v) is 2.00. The largest absolute Gasteiger partial charge is 0.378 e. The molecule has 0 radical (unpaired) electrons. The number of rotatable bonds is 8. The van der Waals surface area contributed by atoms with Gasteiger partial charge >= 0.3 is 0 Å². The van der Waals surface area contributed by atoms with E-state index in [1.54, 1.807) is 7.05 Å². The molecule has 6 nitrogen and oxygen atoms in total. The standard InChI is InChI=1S/C16H34N4O2/c1-8-22-13(12(2)3)9-10-18-15(17-7)19-11-14(21)20-16(4,5)6/h12-13H,8-11H2,1-7H3,(H,20,21)(H2,17,18,19). The molecule has 1 amide bonds. The number of ether oxygens (including phenoxy) is 1. The molecule has 0 saturated carbocycles. The van der Waals surface area contributed by atoms with Gasteiger partial charge in [0.1, 0.15) is 0 Å². The van der Waals surface area contributed by atoms with Gasteiger partial charge in [-0.3, -0.25) is 9.79 Å². The summed E-state index contributed by atoms with van der Waals surface area (Å²) in [5.41, 5.74) is -0.225. The van der Waals surface area contributed by atoms with E-state index < -0.39 is 0 Å². The second-order valence-electron chi connectivity index (χ2n) is 6.68. The summed E-state index contributed by atoms with van der Waals surface area (Å²) in [5.74, 6) is 1.06. The molecule has 130 valence electrons. The van der Waals surface area contributed by atoms with E-state index in [4.69, 9.17) is 4.74 Å². The molecule has 0 bridgehead atoms. The molecule has 0 fully saturated rings. The van der Waals surface area contributed by atoms with E-state index >= 15 is 0 Å². The number of nitrogens with zero attached hydrogens (tertiary/aromatic N) is 1. The van der Waals surface area contributed by atoms with Crippen molar-refractivity contribution in [2.75, 3.05) is 26.7 Å². The van der Waals surface area contributed by atoms with Crippen molar-refractivity contribution in [3.63, 3.8) is 0 Å². The van der Waals surface area contributed by atoms with Crippen molar-refractivity contribution in [2.45, 2.75) is 59.6 Å². The van der Waals surface area contributed by atoms with Crippen LogP contribution in [-0.2, 0) is 9.53 Å². The molecule has 0 aliphatic rings. The van der Waals surface area contributed by atoms with E-state index in [9.17, 15) is 4.79 Å². The molecule has 0 aliphatic carbocycles. The normalized spacial score (nSPS) is 13.9. The highest BCUT2D eigenvalue weighted by Crippen LogP contribution is 2.09. The second-order valence-corrected chi connectivity index (χ2v) is 6.68. The van der Waals surface area contributed by atoms with Crippen molar-refractivity contribution >= 4 is 11.9 Å². The van der Waals surface area contributed by atoms with Crippen LogP contribution in [-0.4, -0.2) is 50.3 Å². The fraction of sp³-hybridized carbons (Fsp3) is 0.875. The van der Waals surface area contributed by atoms with Crippen LogP contribution in [0.1, 0.15) is 48.0 Å². The van der Waals surface area contributed by atoms with E-state index in [-0.39, 0.29) is 24.1 Å². The zero-order chi connectivity index (χ0) is 17.2. The molecule has 0 aromatic rings. The number of carbonyl (C=O) groups excluding carboxylic acids is 1. The minimum Gasteiger partial charge on any atom is -0.378 e. The van der Waals surface area contributed by atoms with Crippen LogP contribution in [0.2, 0.25) is 0 Å². The van der Waals surface area contributed by atoms with Crippen molar-refractivity contribution < 1.29 is 9.53 Å². The van der Waals surface area contributed by atoms with Crippen LogP contribution in [0, 0.1) is 5.92 Å². The highest BCUT2D eigenvalue weighted by Gasteiger charge is 2.15. The maximum absolute atomic E-state index is 11.8. The Balaban J connectivity index is 4.10. The quantitative estimate of drug-likeness (QED) is 0.469. The molecule has 1 unspecified atom stereocenters. The van der Waals surface area contributed by atoms with E-state index in [2.05, 4.69) is 34.8 Å². The van der Waals surface area contributed by atoms with Gasteiger partial charge in [-0.25, -0.2) is 0 Å². The van der Waals surface area contributed by atoms with Crippen LogP contribution in [0.5, 0.6) is 0 Å². The molecular weight excluding hydrogens is 280 g/mol. The van der Waals surface area contributed by atoms with Crippen LogP contribution in [0.4, 0.5) is 0 Å². The molecule has 0 aliphatic heterocycles. The average molecular weight is 314 g/mol. The maximum atomic E-state index is 11.8. The Labute approximate surface area is 135 Å². The first-order valence-electron chi connectivity index (χ1n) is 8.06. The fourth-order valence-electron chi connectivity index (χ4n) is 2.00. The summed E-state index contributed by atoms with van der Waals surface area (Å²) in [4.78, 5) is 15.9. The topological polar surface area (TPSA) is 74.8 Å². The first-order chi connectivity index (χ1) is 10.2. The molecular formula is C16H34N4O2. The Hall–Kier alpha value is -1.30. The van der Waals surface area contributed by atoms with Crippen LogP contribution < -0.4 is 16.0 Å². The summed E-state index contributed by atoms with van der Waals surface area (Å²) in [6.45, 7) is 13.9. The van der Waals surface area contributed by atoms with Gasteiger partial charge in [-0.1, -0.05) is 13.8 Å². The third-order valence-electron chi connectivity index (χ3n) is 3.00. The molecule has 0 rings (SSSR count). The zero-order valence-electron chi connectivity index (χ0n) is 15.2. The number of hydrogen-bond donors (Lipinski definition) is 3. The van der Waals surface area contributed by atoms with Crippen molar-refractivity contribution in [2.24, 2.45) is 10.9 Å². The van der Waals surface area contributed by atoms with Crippen molar-refractivity contribution in [1.29, 1.82) is 0 Å². The van der Waals surface area contributed by atoms with Crippen LogP contribution in [0.15, 0.2) is 4.99 Å². The number of hydrogen-bond acceptors (Lipinski definition) is 3. The number of nitrogens with one attached hydrogen (secondary N) is 3. The minimum absolute atomic E-state index is 0.0511. The van der Waals surface area contributed by atoms with Crippen molar-refractivity contribution in [3.05, 3.63) is 0 Å². The lowest BCUT2D eigenvalue weighted by atomic mass is 10.0. The molecule has 1 atom stereocenters. The van der Waals surface area contributed by atoms with Crippen molar-refractivity contribution in [3.8, 4) is 0 Å².